The van der Waals surface area contributed by atoms with E-state index in [0.29, 0.717) is 5.56 Å². The summed E-state index contributed by atoms with van der Waals surface area (Å²) < 4.78 is 0. The smallest absolute Gasteiger partial charge is 0.335 e. The molecule has 0 saturated carbocycles. The third-order valence-electron chi connectivity index (χ3n) is 4.82. The molecule has 0 amide bonds. The van der Waals surface area contributed by atoms with Crippen molar-refractivity contribution in [3.05, 3.63) is 70.8 Å². The van der Waals surface area contributed by atoms with Gasteiger partial charge in [-0.2, -0.15) is 0 Å². The van der Waals surface area contributed by atoms with Gasteiger partial charge in [0.2, 0.25) is 0 Å². The fraction of sp³-hybridized carbons (Fsp3) is 0.316. The van der Waals surface area contributed by atoms with Crippen molar-refractivity contribution >= 4 is 5.97 Å². The number of hydrogen-bond acceptors (Lipinski definition) is 1. The zero-order valence-corrected chi connectivity index (χ0v) is 12.7. The van der Waals surface area contributed by atoms with Crippen LogP contribution in [0.3, 0.4) is 0 Å². The van der Waals surface area contributed by atoms with Gasteiger partial charge in [-0.3, -0.25) is 0 Å². The summed E-state index contributed by atoms with van der Waals surface area (Å²) in [5, 5.41) is 9.05. The lowest BCUT2D eigenvalue weighted by atomic mass is 9.75. The Balaban J connectivity index is 2.12. The van der Waals surface area contributed by atoms with Crippen molar-refractivity contribution in [1.29, 1.82) is 0 Å². The van der Waals surface area contributed by atoms with Crippen molar-refractivity contribution < 1.29 is 9.90 Å². The monoisotopic (exact) mass is 280 g/mol. The third kappa shape index (κ3) is 2.06. The fourth-order valence-electron chi connectivity index (χ4n) is 3.87. The molecule has 2 heteroatoms. The molecule has 1 N–H and O–H groups in total. The van der Waals surface area contributed by atoms with E-state index in [2.05, 4.69) is 45.0 Å². The lowest BCUT2D eigenvalue weighted by molar-refractivity contribution is 0.0697. The average molecular weight is 280 g/mol. The Kier molecular flexibility index (Phi) is 2.94. The molecule has 0 radical (unpaired) electrons. The number of rotatable bonds is 2. The summed E-state index contributed by atoms with van der Waals surface area (Å²) in [5.41, 5.74) is 4.36. The second-order valence-corrected chi connectivity index (χ2v) is 6.82. The van der Waals surface area contributed by atoms with Gasteiger partial charge >= 0.3 is 5.97 Å². The predicted molar refractivity (Wildman–Crippen MR) is 83.9 cm³/mol. The van der Waals surface area contributed by atoms with Crippen molar-refractivity contribution in [2.24, 2.45) is 0 Å². The number of benzene rings is 2. The van der Waals surface area contributed by atoms with Crippen LogP contribution >= 0.6 is 0 Å². The van der Waals surface area contributed by atoms with E-state index in [1.54, 1.807) is 12.1 Å². The molecule has 1 aliphatic rings. The Hall–Kier alpha value is -2.09. The van der Waals surface area contributed by atoms with Gasteiger partial charge in [-0.1, -0.05) is 57.2 Å². The maximum absolute atomic E-state index is 11.0. The minimum Gasteiger partial charge on any atom is -0.478 e. The van der Waals surface area contributed by atoms with Crippen molar-refractivity contribution in [2.45, 2.75) is 38.0 Å². The highest BCUT2D eigenvalue weighted by Crippen LogP contribution is 2.52. The van der Waals surface area contributed by atoms with Crippen LogP contribution in [-0.4, -0.2) is 11.1 Å². The average Bonchev–Trinajstić information content (AvgIpc) is 2.68. The first-order chi connectivity index (χ1) is 9.84. The molecule has 0 heterocycles. The van der Waals surface area contributed by atoms with Crippen LogP contribution in [-0.2, 0) is 10.8 Å². The van der Waals surface area contributed by atoms with Crippen LogP contribution in [0.15, 0.2) is 48.5 Å². The van der Waals surface area contributed by atoms with Crippen molar-refractivity contribution in [3.8, 4) is 0 Å². The van der Waals surface area contributed by atoms with Gasteiger partial charge in [0.15, 0.2) is 0 Å². The van der Waals surface area contributed by atoms with Gasteiger partial charge < -0.3 is 5.11 Å². The molecule has 1 unspecified atom stereocenters. The molecule has 0 fully saturated rings. The van der Waals surface area contributed by atoms with Gasteiger partial charge in [0.05, 0.1) is 5.56 Å². The first-order valence-corrected chi connectivity index (χ1v) is 7.28. The molecule has 0 bridgehead atoms. The highest BCUT2D eigenvalue weighted by molar-refractivity contribution is 5.87. The lowest BCUT2D eigenvalue weighted by Gasteiger charge is -2.28. The molecular formula is C19H20O2. The number of carboxylic acids is 1. The van der Waals surface area contributed by atoms with E-state index in [4.69, 9.17) is 5.11 Å². The number of carbonyl (C=O) groups is 1. The van der Waals surface area contributed by atoms with Gasteiger partial charge in [0, 0.05) is 5.41 Å². The second-order valence-electron chi connectivity index (χ2n) is 6.82. The summed E-state index contributed by atoms with van der Waals surface area (Å²) in [6, 6.07) is 15.9. The molecule has 0 spiro atoms. The largest absolute Gasteiger partial charge is 0.478 e. The Bertz CT molecular complexity index is 698. The molecule has 1 aliphatic carbocycles. The van der Waals surface area contributed by atoms with Gasteiger partial charge in [0.1, 0.15) is 0 Å². The molecular weight excluding hydrogens is 260 g/mol. The van der Waals surface area contributed by atoms with Gasteiger partial charge in [-0.05, 0) is 40.7 Å². The summed E-state index contributed by atoms with van der Waals surface area (Å²) in [6.07, 6.45) is 1.03. The summed E-state index contributed by atoms with van der Waals surface area (Å²) in [6.45, 7) is 6.82. The van der Waals surface area contributed by atoms with Crippen LogP contribution in [0, 0.1) is 0 Å². The summed E-state index contributed by atoms with van der Waals surface area (Å²) >= 11 is 0. The Labute approximate surface area is 125 Å². The number of hydrogen-bond donors (Lipinski definition) is 1. The van der Waals surface area contributed by atoms with E-state index < -0.39 is 5.97 Å². The number of carboxylic acid groups (broad SMARTS) is 1. The molecule has 0 aromatic heterocycles. The molecule has 1 atom stereocenters. The second kappa shape index (κ2) is 4.45. The van der Waals surface area contributed by atoms with Crippen LogP contribution in [0.5, 0.6) is 0 Å². The lowest BCUT2D eigenvalue weighted by Crippen LogP contribution is -2.23. The first kappa shape index (κ1) is 13.9. The van der Waals surface area contributed by atoms with Crippen molar-refractivity contribution in [3.63, 3.8) is 0 Å². The van der Waals surface area contributed by atoms with E-state index in [1.165, 1.54) is 16.7 Å². The van der Waals surface area contributed by atoms with Crippen LogP contribution in [0.4, 0.5) is 0 Å². The van der Waals surface area contributed by atoms with Crippen molar-refractivity contribution in [1.82, 2.24) is 0 Å². The predicted octanol–water partition coefficient (Wildman–Crippen LogP) is 4.37. The van der Waals surface area contributed by atoms with Crippen LogP contribution in [0.1, 0.15) is 54.2 Å². The van der Waals surface area contributed by atoms with Crippen LogP contribution in [0.25, 0.3) is 0 Å². The van der Waals surface area contributed by atoms with Crippen molar-refractivity contribution in [2.75, 3.05) is 0 Å². The zero-order chi connectivity index (χ0) is 15.3. The first-order valence-electron chi connectivity index (χ1n) is 7.28. The minimum atomic E-state index is -0.876. The van der Waals surface area contributed by atoms with E-state index >= 15 is 0 Å². The molecule has 2 aromatic carbocycles. The molecule has 2 aromatic rings. The summed E-state index contributed by atoms with van der Waals surface area (Å²) in [5.74, 6) is -0.876. The van der Waals surface area contributed by atoms with Gasteiger partial charge in [-0.25, -0.2) is 4.79 Å². The zero-order valence-electron chi connectivity index (χ0n) is 12.7. The van der Waals surface area contributed by atoms with E-state index in [1.807, 2.05) is 12.1 Å². The standard InChI is InChI=1S/C19H20O2/c1-18(2)12-19(3,16-7-5-4-6-15(16)18)14-10-8-13(9-11-14)17(20)21/h4-11H,12H2,1-3H3,(H,20,21). The maximum Gasteiger partial charge on any atom is 0.335 e. The molecule has 108 valence electrons. The maximum atomic E-state index is 11.0. The Morgan fingerprint density at radius 1 is 0.952 bits per heavy atom. The molecule has 0 aliphatic heterocycles. The molecule has 3 rings (SSSR count). The number of aromatic carboxylic acids is 1. The SMILES string of the molecule is CC1(C)CC(C)(c2ccc(C(=O)O)cc2)c2ccccc21. The highest BCUT2D eigenvalue weighted by atomic mass is 16.4. The van der Waals surface area contributed by atoms with Gasteiger partial charge in [-0.15, -0.1) is 0 Å². The number of fused-ring (bicyclic) bond motifs is 1. The normalized spacial score (nSPS) is 22.8. The van der Waals surface area contributed by atoms with E-state index in [-0.39, 0.29) is 10.8 Å². The van der Waals surface area contributed by atoms with Crippen LogP contribution in [0.2, 0.25) is 0 Å². The highest BCUT2D eigenvalue weighted by Gasteiger charge is 2.45. The van der Waals surface area contributed by atoms with Gasteiger partial charge in [0.25, 0.3) is 0 Å². The van der Waals surface area contributed by atoms with E-state index in [9.17, 15) is 4.79 Å². The fourth-order valence-corrected chi connectivity index (χ4v) is 3.87. The molecule has 21 heavy (non-hydrogen) atoms. The topological polar surface area (TPSA) is 37.3 Å². The van der Waals surface area contributed by atoms with E-state index in [0.717, 1.165) is 6.42 Å². The molecule has 2 nitrogen and oxygen atoms in total. The van der Waals surface area contributed by atoms with Crippen LogP contribution < -0.4 is 0 Å². The quantitative estimate of drug-likeness (QED) is 0.886. The third-order valence-corrected chi connectivity index (χ3v) is 4.82. The summed E-state index contributed by atoms with van der Waals surface area (Å²) in [4.78, 5) is 11.0. The Morgan fingerprint density at radius 2 is 1.52 bits per heavy atom. The summed E-state index contributed by atoms with van der Waals surface area (Å²) in [7, 11) is 0. The molecule has 0 saturated heterocycles. The Morgan fingerprint density at radius 3 is 2.10 bits per heavy atom. The minimum absolute atomic E-state index is 0.0584.